The Morgan fingerprint density at radius 2 is 1.83 bits per heavy atom. The number of carbonyl (C=O) groups is 2. The molecule has 6 nitrogen and oxygen atoms in total. The van der Waals surface area contributed by atoms with Crippen LogP contribution in [0.1, 0.15) is 18.9 Å². The average Bonchev–Trinajstić information content (AvgIpc) is 2.74. The Labute approximate surface area is 170 Å². The van der Waals surface area contributed by atoms with E-state index < -0.39 is 0 Å². The molecular formula is C23H25N3O3. The highest BCUT2D eigenvalue weighted by molar-refractivity contribution is 6.00. The number of benzene rings is 2. The zero-order valence-corrected chi connectivity index (χ0v) is 16.7. The summed E-state index contributed by atoms with van der Waals surface area (Å²) in [6, 6.07) is 17.2. The van der Waals surface area contributed by atoms with Gasteiger partial charge in [0.25, 0.3) is 0 Å². The molecule has 0 radical (unpaired) electrons. The summed E-state index contributed by atoms with van der Waals surface area (Å²) in [6.45, 7) is 2.40. The average molecular weight is 391 g/mol. The molecule has 0 saturated heterocycles. The van der Waals surface area contributed by atoms with Gasteiger partial charge in [0, 0.05) is 38.0 Å². The van der Waals surface area contributed by atoms with Gasteiger partial charge in [-0.2, -0.15) is 0 Å². The van der Waals surface area contributed by atoms with Crippen molar-refractivity contribution in [2.24, 2.45) is 0 Å². The fourth-order valence-corrected chi connectivity index (χ4v) is 3.25. The number of amides is 2. The number of nitrogens with one attached hydrogen (secondary N) is 1. The van der Waals surface area contributed by atoms with Gasteiger partial charge in [0.15, 0.2) is 0 Å². The molecule has 29 heavy (non-hydrogen) atoms. The van der Waals surface area contributed by atoms with Gasteiger partial charge < -0.3 is 15.0 Å². The van der Waals surface area contributed by atoms with E-state index in [1.54, 1.807) is 18.2 Å². The maximum absolute atomic E-state index is 12.5. The second-order valence-corrected chi connectivity index (χ2v) is 6.75. The van der Waals surface area contributed by atoms with Crippen molar-refractivity contribution in [2.75, 3.05) is 25.5 Å². The second kappa shape index (κ2) is 9.68. The third-order valence-electron chi connectivity index (χ3n) is 4.80. The molecule has 3 rings (SSSR count). The monoisotopic (exact) mass is 391 g/mol. The Morgan fingerprint density at radius 3 is 2.62 bits per heavy atom. The van der Waals surface area contributed by atoms with E-state index in [-0.39, 0.29) is 18.2 Å². The van der Waals surface area contributed by atoms with Crippen molar-refractivity contribution in [1.29, 1.82) is 0 Å². The van der Waals surface area contributed by atoms with Gasteiger partial charge in [0.2, 0.25) is 11.8 Å². The number of para-hydroxylation sites is 2. The molecule has 1 heterocycles. The van der Waals surface area contributed by atoms with Gasteiger partial charge in [-0.25, -0.2) is 0 Å². The summed E-state index contributed by atoms with van der Waals surface area (Å²) in [5, 5.41) is 3.88. The van der Waals surface area contributed by atoms with Crippen molar-refractivity contribution in [1.82, 2.24) is 9.88 Å². The van der Waals surface area contributed by atoms with E-state index in [0.29, 0.717) is 25.2 Å². The molecule has 0 fully saturated rings. The number of fused-ring (bicyclic) bond motifs is 1. The lowest BCUT2D eigenvalue weighted by Gasteiger charge is -2.21. The molecule has 0 saturated carbocycles. The number of carbonyl (C=O) groups excluding carboxylic acids is 2. The van der Waals surface area contributed by atoms with Crippen molar-refractivity contribution < 1.29 is 14.3 Å². The summed E-state index contributed by atoms with van der Waals surface area (Å²) in [7, 11) is 1.63. The van der Waals surface area contributed by atoms with Crippen molar-refractivity contribution >= 4 is 28.4 Å². The fourth-order valence-electron chi connectivity index (χ4n) is 3.25. The predicted octanol–water partition coefficient (Wildman–Crippen LogP) is 3.66. The van der Waals surface area contributed by atoms with E-state index in [9.17, 15) is 9.59 Å². The van der Waals surface area contributed by atoms with Crippen molar-refractivity contribution in [3.8, 4) is 5.75 Å². The number of rotatable bonds is 8. The van der Waals surface area contributed by atoms with Crippen LogP contribution in [-0.4, -0.2) is 41.9 Å². The first kappa shape index (κ1) is 20.3. The standard InChI is InChI=1S/C23H25N3O3/c1-17(27)26(15-12-18-7-3-4-11-21(18)29-2)16-13-22(28)25-20-10-5-8-19-9-6-14-24-23(19)20/h3-11,14H,12-13,15-16H2,1-2H3,(H,25,28). The van der Waals surface area contributed by atoms with Crippen molar-refractivity contribution in [3.05, 3.63) is 66.4 Å². The van der Waals surface area contributed by atoms with Crippen LogP contribution in [0.25, 0.3) is 10.9 Å². The highest BCUT2D eigenvalue weighted by Crippen LogP contribution is 2.21. The number of hydrogen-bond acceptors (Lipinski definition) is 4. The minimum atomic E-state index is -0.147. The van der Waals surface area contributed by atoms with Gasteiger partial charge in [-0.1, -0.05) is 36.4 Å². The zero-order valence-electron chi connectivity index (χ0n) is 16.7. The maximum Gasteiger partial charge on any atom is 0.226 e. The molecule has 0 atom stereocenters. The lowest BCUT2D eigenvalue weighted by molar-refractivity contribution is -0.129. The largest absolute Gasteiger partial charge is 0.496 e. The number of aromatic nitrogens is 1. The van der Waals surface area contributed by atoms with E-state index in [1.807, 2.05) is 54.6 Å². The minimum Gasteiger partial charge on any atom is -0.496 e. The summed E-state index contributed by atoms with van der Waals surface area (Å²) < 4.78 is 5.36. The molecule has 2 amide bonds. The Morgan fingerprint density at radius 1 is 1.03 bits per heavy atom. The minimum absolute atomic E-state index is 0.0560. The van der Waals surface area contributed by atoms with E-state index in [0.717, 1.165) is 22.2 Å². The lowest BCUT2D eigenvalue weighted by atomic mass is 10.1. The molecule has 0 bridgehead atoms. The Balaban J connectivity index is 1.58. The number of nitrogens with zero attached hydrogens (tertiary/aromatic N) is 2. The van der Waals surface area contributed by atoms with E-state index in [2.05, 4.69) is 10.3 Å². The third-order valence-corrected chi connectivity index (χ3v) is 4.80. The Hall–Kier alpha value is -3.41. The molecule has 0 aliphatic rings. The zero-order chi connectivity index (χ0) is 20.6. The summed E-state index contributed by atoms with van der Waals surface area (Å²) in [6.07, 6.45) is 2.58. The van der Waals surface area contributed by atoms with Crippen LogP contribution >= 0.6 is 0 Å². The summed E-state index contributed by atoms with van der Waals surface area (Å²) in [4.78, 5) is 30.5. The summed E-state index contributed by atoms with van der Waals surface area (Å²) in [5.74, 6) is 0.600. The topological polar surface area (TPSA) is 71.5 Å². The molecule has 0 aliphatic carbocycles. The van der Waals surface area contributed by atoms with Crippen LogP contribution in [0.4, 0.5) is 5.69 Å². The van der Waals surface area contributed by atoms with Gasteiger partial charge in [-0.3, -0.25) is 14.6 Å². The van der Waals surface area contributed by atoms with Crippen LogP contribution < -0.4 is 10.1 Å². The highest BCUT2D eigenvalue weighted by Gasteiger charge is 2.13. The molecule has 3 aromatic rings. The number of methoxy groups -OCH3 is 1. The lowest BCUT2D eigenvalue weighted by Crippen LogP contribution is -2.33. The summed E-state index contributed by atoms with van der Waals surface area (Å²) >= 11 is 0. The molecule has 0 aliphatic heterocycles. The van der Waals surface area contributed by atoms with E-state index in [4.69, 9.17) is 4.74 Å². The normalized spacial score (nSPS) is 10.6. The highest BCUT2D eigenvalue weighted by atomic mass is 16.5. The second-order valence-electron chi connectivity index (χ2n) is 6.75. The number of pyridine rings is 1. The van der Waals surface area contributed by atoms with Crippen molar-refractivity contribution in [3.63, 3.8) is 0 Å². The fraction of sp³-hybridized carbons (Fsp3) is 0.261. The third kappa shape index (κ3) is 5.31. The SMILES string of the molecule is COc1ccccc1CCN(CCC(=O)Nc1cccc2cccnc12)C(C)=O. The number of hydrogen-bond donors (Lipinski definition) is 1. The molecule has 6 heteroatoms. The van der Waals surface area contributed by atoms with Gasteiger partial charge >= 0.3 is 0 Å². The Kier molecular flexibility index (Phi) is 6.79. The molecule has 1 N–H and O–H groups in total. The smallest absolute Gasteiger partial charge is 0.226 e. The first-order valence-corrected chi connectivity index (χ1v) is 9.59. The van der Waals surface area contributed by atoms with Crippen LogP contribution in [-0.2, 0) is 16.0 Å². The number of anilines is 1. The first-order chi connectivity index (χ1) is 14.1. The predicted molar refractivity (Wildman–Crippen MR) is 114 cm³/mol. The van der Waals surface area contributed by atoms with Gasteiger partial charge in [0.05, 0.1) is 18.3 Å². The van der Waals surface area contributed by atoms with Crippen LogP contribution in [0.2, 0.25) is 0 Å². The van der Waals surface area contributed by atoms with Crippen molar-refractivity contribution in [2.45, 2.75) is 19.8 Å². The summed E-state index contributed by atoms with van der Waals surface area (Å²) in [5.41, 5.74) is 2.46. The molecule has 150 valence electrons. The quantitative estimate of drug-likeness (QED) is 0.636. The van der Waals surface area contributed by atoms with Gasteiger partial charge in [0.1, 0.15) is 5.75 Å². The molecule has 0 unspecified atom stereocenters. The van der Waals surface area contributed by atoms with E-state index in [1.165, 1.54) is 6.92 Å². The van der Waals surface area contributed by atoms with Crippen LogP contribution in [0.5, 0.6) is 5.75 Å². The van der Waals surface area contributed by atoms with Gasteiger partial charge in [-0.15, -0.1) is 0 Å². The van der Waals surface area contributed by atoms with Gasteiger partial charge in [-0.05, 0) is 30.2 Å². The van der Waals surface area contributed by atoms with E-state index >= 15 is 0 Å². The Bertz CT molecular complexity index is 998. The molecular weight excluding hydrogens is 366 g/mol. The molecule has 0 spiro atoms. The molecule has 2 aromatic carbocycles. The number of ether oxygens (including phenoxy) is 1. The first-order valence-electron chi connectivity index (χ1n) is 9.59. The van der Waals surface area contributed by atoms with Crippen LogP contribution in [0.3, 0.4) is 0 Å². The maximum atomic E-state index is 12.5. The van der Waals surface area contributed by atoms with Crippen LogP contribution in [0, 0.1) is 0 Å². The van der Waals surface area contributed by atoms with Crippen LogP contribution in [0.15, 0.2) is 60.8 Å². The molecule has 1 aromatic heterocycles.